The smallest absolute Gasteiger partial charge is 0.230 e. The maximum atomic E-state index is 12.2. The summed E-state index contributed by atoms with van der Waals surface area (Å²) in [6, 6.07) is 14.0. The zero-order valence-electron chi connectivity index (χ0n) is 15.7. The van der Waals surface area contributed by atoms with E-state index in [1.165, 1.54) is 22.9 Å². The molecule has 6 heteroatoms. The van der Waals surface area contributed by atoms with Crippen LogP contribution in [-0.2, 0) is 11.3 Å². The molecule has 0 saturated carbocycles. The Bertz CT molecular complexity index is 899. The van der Waals surface area contributed by atoms with Crippen LogP contribution >= 0.6 is 11.8 Å². The fraction of sp³-hybridized carbons (Fsp3) is 0.238. The van der Waals surface area contributed by atoms with Crippen molar-refractivity contribution in [2.75, 3.05) is 12.9 Å². The number of hydrogen-bond acceptors (Lipinski definition) is 4. The van der Waals surface area contributed by atoms with Gasteiger partial charge in [0.25, 0.3) is 0 Å². The Labute approximate surface area is 163 Å². The molecule has 3 aromatic rings. The van der Waals surface area contributed by atoms with Gasteiger partial charge in [0.05, 0.1) is 12.9 Å². The van der Waals surface area contributed by atoms with Crippen molar-refractivity contribution in [2.45, 2.75) is 25.5 Å². The van der Waals surface area contributed by atoms with Crippen molar-refractivity contribution in [3.63, 3.8) is 0 Å². The number of nitrogens with zero attached hydrogens (tertiary/aromatic N) is 2. The second-order valence-corrected chi connectivity index (χ2v) is 7.28. The predicted octanol–water partition coefficient (Wildman–Crippen LogP) is 3.91. The van der Waals surface area contributed by atoms with Crippen LogP contribution in [0, 0.1) is 13.8 Å². The molecule has 0 fully saturated rings. The van der Waals surface area contributed by atoms with E-state index in [1.54, 1.807) is 13.3 Å². The summed E-state index contributed by atoms with van der Waals surface area (Å²) in [5.41, 5.74) is 4.50. The molecule has 0 bridgehead atoms. The number of aryl methyl sites for hydroxylation is 2. The van der Waals surface area contributed by atoms with Crippen LogP contribution in [0.2, 0.25) is 0 Å². The molecule has 0 unspecified atom stereocenters. The SMILES string of the molecule is COc1ccc(CNC(=O)CSc2nccn2-c2cc(C)cc(C)c2)cc1. The summed E-state index contributed by atoms with van der Waals surface area (Å²) >= 11 is 1.43. The van der Waals surface area contributed by atoms with Crippen molar-refractivity contribution in [1.29, 1.82) is 0 Å². The summed E-state index contributed by atoms with van der Waals surface area (Å²) in [7, 11) is 1.63. The molecule has 0 spiro atoms. The average Bonchev–Trinajstić information content (AvgIpc) is 3.13. The summed E-state index contributed by atoms with van der Waals surface area (Å²) in [6.45, 7) is 4.65. The van der Waals surface area contributed by atoms with Gasteiger partial charge in [0.1, 0.15) is 5.75 Å². The van der Waals surface area contributed by atoms with Crippen LogP contribution in [0.5, 0.6) is 5.75 Å². The molecule has 1 N–H and O–H groups in total. The molecule has 1 heterocycles. The molecule has 0 aliphatic heterocycles. The fourth-order valence-corrected chi connectivity index (χ4v) is 3.61. The first kappa shape index (κ1) is 19.0. The lowest BCUT2D eigenvalue weighted by Crippen LogP contribution is -2.24. The molecule has 5 nitrogen and oxygen atoms in total. The van der Waals surface area contributed by atoms with E-state index in [0.717, 1.165) is 22.2 Å². The van der Waals surface area contributed by atoms with E-state index in [0.29, 0.717) is 12.3 Å². The van der Waals surface area contributed by atoms with Crippen LogP contribution in [0.1, 0.15) is 16.7 Å². The van der Waals surface area contributed by atoms with Crippen LogP contribution in [0.4, 0.5) is 0 Å². The van der Waals surface area contributed by atoms with E-state index in [9.17, 15) is 4.79 Å². The Morgan fingerprint density at radius 2 is 1.85 bits per heavy atom. The molecule has 0 aliphatic rings. The molecular weight excluding hydrogens is 358 g/mol. The van der Waals surface area contributed by atoms with Crippen LogP contribution in [0.25, 0.3) is 5.69 Å². The minimum atomic E-state index is -0.0224. The van der Waals surface area contributed by atoms with E-state index in [-0.39, 0.29) is 5.91 Å². The third-order valence-electron chi connectivity index (χ3n) is 4.07. The standard InChI is InChI=1S/C21H23N3O2S/c1-15-10-16(2)12-18(11-15)24-9-8-22-21(24)27-14-20(25)23-13-17-4-6-19(26-3)7-5-17/h4-12H,13-14H2,1-3H3,(H,23,25). The maximum Gasteiger partial charge on any atom is 0.230 e. The third kappa shape index (κ3) is 5.14. The number of imidazole rings is 1. The van der Waals surface area contributed by atoms with Crippen LogP contribution in [0.15, 0.2) is 60.0 Å². The van der Waals surface area contributed by atoms with Gasteiger partial charge >= 0.3 is 0 Å². The van der Waals surface area contributed by atoms with Gasteiger partial charge in [-0.05, 0) is 54.8 Å². The van der Waals surface area contributed by atoms with Gasteiger partial charge in [0.2, 0.25) is 5.91 Å². The van der Waals surface area contributed by atoms with E-state index in [1.807, 2.05) is 35.0 Å². The van der Waals surface area contributed by atoms with Crippen molar-refractivity contribution in [3.8, 4) is 11.4 Å². The lowest BCUT2D eigenvalue weighted by Gasteiger charge is -2.10. The van der Waals surface area contributed by atoms with Crippen molar-refractivity contribution >= 4 is 17.7 Å². The van der Waals surface area contributed by atoms with Crippen molar-refractivity contribution in [2.24, 2.45) is 0 Å². The van der Waals surface area contributed by atoms with Gasteiger partial charge in [-0.15, -0.1) is 0 Å². The highest BCUT2D eigenvalue weighted by molar-refractivity contribution is 7.99. The largest absolute Gasteiger partial charge is 0.497 e. The minimum Gasteiger partial charge on any atom is -0.497 e. The van der Waals surface area contributed by atoms with Crippen molar-refractivity contribution in [1.82, 2.24) is 14.9 Å². The number of methoxy groups -OCH3 is 1. The number of thioether (sulfide) groups is 1. The first-order valence-corrected chi connectivity index (χ1v) is 9.68. The lowest BCUT2D eigenvalue weighted by molar-refractivity contribution is -0.118. The van der Waals surface area contributed by atoms with Gasteiger partial charge in [-0.3, -0.25) is 9.36 Å². The van der Waals surface area contributed by atoms with Crippen molar-refractivity contribution < 1.29 is 9.53 Å². The number of nitrogens with one attached hydrogen (secondary N) is 1. The molecule has 2 aromatic carbocycles. The molecule has 27 heavy (non-hydrogen) atoms. The topological polar surface area (TPSA) is 56.1 Å². The number of aromatic nitrogens is 2. The van der Waals surface area contributed by atoms with Crippen LogP contribution < -0.4 is 10.1 Å². The molecule has 1 amide bonds. The molecule has 140 valence electrons. The average molecular weight is 382 g/mol. The molecule has 0 saturated heterocycles. The zero-order chi connectivity index (χ0) is 19.2. The summed E-state index contributed by atoms with van der Waals surface area (Å²) in [5.74, 6) is 1.10. The minimum absolute atomic E-state index is 0.0224. The molecule has 0 aliphatic carbocycles. The fourth-order valence-electron chi connectivity index (χ4n) is 2.81. The monoisotopic (exact) mass is 381 g/mol. The van der Waals surface area contributed by atoms with E-state index in [2.05, 4.69) is 42.3 Å². The first-order chi connectivity index (χ1) is 13.0. The van der Waals surface area contributed by atoms with Crippen molar-refractivity contribution in [3.05, 3.63) is 71.5 Å². The Kier molecular flexibility index (Phi) is 6.19. The Morgan fingerprint density at radius 1 is 1.15 bits per heavy atom. The Morgan fingerprint density at radius 3 is 2.52 bits per heavy atom. The maximum absolute atomic E-state index is 12.2. The van der Waals surface area contributed by atoms with Gasteiger partial charge in [-0.25, -0.2) is 4.98 Å². The Balaban J connectivity index is 1.57. The normalized spacial score (nSPS) is 10.6. The number of ether oxygens (including phenoxy) is 1. The van der Waals surface area contributed by atoms with E-state index in [4.69, 9.17) is 4.74 Å². The second kappa shape index (κ2) is 8.77. The highest BCUT2D eigenvalue weighted by Crippen LogP contribution is 2.22. The molecule has 0 atom stereocenters. The predicted molar refractivity (Wildman–Crippen MR) is 109 cm³/mol. The van der Waals surface area contributed by atoms with Crippen LogP contribution in [-0.4, -0.2) is 28.3 Å². The number of carbonyl (C=O) groups is 1. The first-order valence-electron chi connectivity index (χ1n) is 8.69. The third-order valence-corrected chi connectivity index (χ3v) is 5.04. The number of benzene rings is 2. The highest BCUT2D eigenvalue weighted by Gasteiger charge is 2.10. The van der Waals surface area contributed by atoms with Gasteiger partial charge in [0, 0.05) is 24.6 Å². The number of hydrogen-bond donors (Lipinski definition) is 1. The molecular formula is C21H23N3O2S. The van der Waals surface area contributed by atoms with Gasteiger partial charge in [-0.2, -0.15) is 0 Å². The van der Waals surface area contributed by atoms with Gasteiger partial charge < -0.3 is 10.1 Å². The molecule has 1 aromatic heterocycles. The van der Waals surface area contributed by atoms with Gasteiger partial charge in [0.15, 0.2) is 5.16 Å². The summed E-state index contributed by atoms with van der Waals surface area (Å²) < 4.78 is 7.15. The summed E-state index contributed by atoms with van der Waals surface area (Å²) in [4.78, 5) is 16.6. The molecule has 3 rings (SSSR count). The lowest BCUT2D eigenvalue weighted by atomic mass is 10.1. The van der Waals surface area contributed by atoms with Crippen LogP contribution in [0.3, 0.4) is 0 Å². The number of rotatable bonds is 7. The van der Waals surface area contributed by atoms with Gasteiger partial charge in [-0.1, -0.05) is 30.0 Å². The molecule has 0 radical (unpaired) electrons. The zero-order valence-corrected chi connectivity index (χ0v) is 16.5. The summed E-state index contributed by atoms with van der Waals surface area (Å²) in [6.07, 6.45) is 3.68. The second-order valence-electron chi connectivity index (χ2n) is 6.34. The van der Waals surface area contributed by atoms with E-state index < -0.39 is 0 Å². The van der Waals surface area contributed by atoms with E-state index >= 15 is 0 Å². The number of carbonyl (C=O) groups excluding carboxylic acids is 1. The number of amides is 1. The Hall–Kier alpha value is -2.73. The highest BCUT2D eigenvalue weighted by atomic mass is 32.2. The summed E-state index contributed by atoms with van der Waals surface area (Å²) in [5, 5.41) is 3.74. The quantitative estimate of drug-likeness (QED) is 0.631.